The minimum Gasteiger partial charge on any atom is -0.478 e. The molecule has 0 atom stereocenters. The Labute approximate surface area is 217 Å². The monoisotopic (exact) mass is 500 g/mol. The smallest absolute Gasteiger partial charge is 0.337 e. The Morgan fingerprint density at radius 3 is 2.16 bits per heavy atom. The number of hydrogen-bond donors (Lipinski definition) is 1. The molecule has 8 nitrogen and oxygen atoms in total. The average Bonchev–Trinajstić information content (AvgIpc) is 3.51. The Morgan fingerprint density at radius 2 is 1.42 bits per heavy atom. The van der Waals surface area contributed by atoms with E-state index in [2.05, 4.69) is 10.3 Å². The van der Waals surface area contributed by atoms with E-state index in [1.807, 2.05) is 60.7 Å². The highest BCUT2D eigenvalue weighted by Crippen LogP contribution is 2.35. The topological polar surface area (TPSA) is 105 Å². The summed E-state index contributed by atoms with van der Waals surface area (Å²) in [5.74, 6) is -2.39. The fourth-order valence-corrected chi connectivity index (χ4v) is 4.61. The van der Waals surface area contributed by atoms with Crippen molar-refractivity contribution in [1.29, 1.82) is 0 Å². The van der Waals surface area contributed by atoms with Crippen LogP contribution in [0, 0.1) is 0 Å². The summed E-state index contributed by atoms with van der Waals surface area (Å²) >= 11 is 0. The summed E-state index contributed by atoms with van der Waals surface area (Å²) in [6, 6.07) is 28.7. The van der Waals surface area contributed by atoms with Crippen molar-refractivity contribution < 1.29 is 19.5 Å². The third-order valence-corrected chi connectivity index (χ3v) is 6.48. The van der Waals surface area contributed by atoms with Gasteiger partial charge in [-0.15, -0.1) is 5.10 Å². The lowest BCUT2D eigenvalue weighted by atomic mass is 10.0. The van der Waals surface area contributed by atoms with Gasteiger partial charge in [-0.1, -0.05) is 78.0 Å². The van der Waals surface area contributed by atoms with E-state index >= 15 is 0 Å². The van der Waals surface area contributed by atoms with Gasteiger partial charge in [0.2, 0.25) is 0 Å². The molecule has 6 rings (SSSR count). The number of imide groups is 1. The lowest BCUT2D eigenvalue weighted by Gasteiger charge is -2.17. The number of carboxylic acids is 1. The molecular formula is C30H20N4O4. The first kappa shape index (κ1) is 23.1. The van der Waals surface area contributed by atoms with Crippen LogP contribution in [0.4, 0.5) is 5.69 Å². The number of amides is 2. The fourth-order valence-electron chi connectivity index (χ4n) is 4.61. The van der Waals surface area contributed by atoms with E-state index in [-0.39, 0.29) is 22.4 Å². The van der Waals surface area contributed by atoms with Crippen LogP contribution in [0.3, 0.4) is 0 Å². The van der Waals surface area contributed by atoms with Crippen LogP contribution in [0.2, 0.25) is 0 Å². The van der Waals surface area contributed by atoms with Crippen LogP contribution in [-0.2, 0) is 6.54 Å². The molecule has 0 radical (unpaired) electrons. The number of aromatic nitrogens is 3. The molecular weight excluding hydrogens is 480 g/mol. The number of fused-ring (bicyclic) bond motifs is 1. The largest absolute Gasteiger partial charge is 0.478 e. The summed E-state index contributed by atoms with van der Waals surface area (Å²) in [4.78, 5) is 39.8. The molecule has 184 valence electrons. The molecule has 0 spiro atoms. The highest BCUT2D eigenvalue weighted by Gasteiger charge is 2.39. The molecule has 2 heterocycles. The van der Waals surface area contributed by atoms with Crippen LogP contribution in [-0.4, -0.2) is 37.9 Å². The minimum atomic E-state index is -1.23. The molecule has 8 heteroatoms. The maximum atomic E-state index is 13.4. The van der Waals surface area contributed by atoms with Crippen molar-refractivity contribution in [2.75, 3.05) is 4.90 Å². The highest BCUT2D eigenvalue weighted by molar-refractivity contribution is 6.35. The van der Waals surface area contributed by atoms with E-state index in [1.54, 1.807) is 35.1 Å². The lowest BCUT2D eigenvalue weighted by Crippen LogP contribution is -2.31. The number of benzene rings is 4. The lowest BCUT2D eigenvalue weighted by molar-refractivity contribution is 0.0698. The zero-order valence-electron chi connectivity index (χ0n) is 20.0. The summed E-state index contributed by atoms with van der Waals surface area (Å²) in [6.07, 6.45) is 1.78. The van der Waals surface area contributed by atoms with Crippen molar-refractivity contribution in [3.05, 3.63) is 126 Å². The number of rotatable bonds is 6. The standard InChI is InChI=1S/C30H20N4O4/c35-28-23-13-11-22(26-18-33(32-31-26)17-19-7-3-1-4-8-19)16-24(23)29(36)34(28)27-14-12-21(15-25(27)30(37)38)20-9-5-2-6-10-20/h1-16,18H,17H2,(H,37,38). The zero-order chi connectivity index (χ0) is 26.2. The summed E-state index contributed by atoms with van der Waals surface area (Å²) in [5.41, 5.74) is 4.04. The van der Waals surface area contributed by atoms with Crippen molar-refractivity contribution in [2.45, 2.75) is 6.54 Å². The van der Waals surface area contributed by atoms with Gasteiger partial charge >= 0.3 is 5.97 Å². The maximum absolute atomic E-state index is 13.4. The van der Waals surface area contributed by atoms with E-state index in [4.69, 9.17) is 0 Å². The number of hydrogen-bond acceptors (Lipinski definition) is 5. The normalized spacial score (nSPS) is 12.6. The first-order chi connectivity index (χ1) is 18.5. The molecule has 1 N–H and O–H groups in total. The zero-order valence-corrected chi connectivity index (χ0v) is 20.0. The minimum absolute atomic E-state index is 0.0266. The molecule has 5 aromatic rings. The van der Waals surface area contributed by atoms with Gasteiger partial charge in [0.05, 0.1) is 35.1 Å². The highest BCUT2D eigenvalue weighted by atomic mass is 16.4. The predicted octanol–water partition coefficient (Wildman–Crippen LogP) is 5.16. The van der Waals surface area contributed by atoms with Crippen molar-refractivity contribution >= 4 is 23.5 Å². The van der Waals surface area contributed by atoms with Gasteiger partial charge in [-0.25, -0.2) is 14.4 Å². The second-order valence-electron chi connectivity index (χ2n) is 8.90. The van der Waals surface area contributed by atoms with E-state index < -0.39 is 17.8 Å². The van der Waals surface area contributed by atoms with Gasteiger partial charge < -0.3 is 5.11 Å². The fraction of sp³-hybridized carbons (Fsp3) is 0.0333. The van der Waals surface area contributed by atoms with Crippen LogP contribution >= 0.6 is 0 Å². The summed E-state index contributed by atoms with van der Waals surface area (Å²) in [7, 11) is 0. The Bertz CT molecular complexity index is 1710. The third-order valence-electron chi connectivity index (χ3n) is 6.48. The molecule has 0 aliphatic carbocycles. The van der Waals surface area contributed by atoms with Crippen molar-refractivity contribution in [3.8, 4) is 22.4 Å². The van der Waals surface area contributed by atoms with Gasteiger partial charge in [0.15, 0.2) is 0 Å². The van der Waals surface area contributed by atoms with Crippen LogP contribution in [0.1, 0.15) is 36.6 Å². The summed E-state index contributed by atoms with van der Waals surface area (Å²) < 4.78 is 1.70. The average molecular weight is 501 g/mol. The number of carbonyl (C=O) groups is 3. The van der Waals surface area contributed by atoms with E-state index in [1.165, 1.54) is 12.1 Å². The number of aromatic carboxylic acids is 1. The van der Waals surface area contributed by atoms with Crippen LogP contribution < -0.4 is 4.90 Å². The third kappa shape index (κ3) is 4.04. The summed E-state index contributed by atoms with van der Waals surface area (Å²) in [6.45, 7) is 0.543. The first-order valence-electron chi connectivity index (χ1n) is 11.9. The molecule has 1 aliphatic heterocycles. The van der Waals surface area contributed by atoms with Gasteiger partial charge in [-0.2, -0.15) is 0 Å². The van der Waals surface area contributed by atoms with E-state index in [9.17, 15) is 19.5 Å². The molecule has 2 amide bonds. The van der Waals surface area contributed by atoms with Crippen LogP contribution in [0.15, 0.2) is 103 Å². The van der Waals surface area contributed by atoms with Gasteiger partial charge in [0, 0.05) is 5.56 Å². The Morgan fingerprint density at radius 1 is 0.737 bits per heavy atom. The molecule has 0 saturated carbocycles. The van der Waals surface area contributed by atoms with Gasteiger partial charge in [0.1, 0.15) is 5.69 Å². The molecule has 0 unspecified atom stereocenters. The van der Waals surface area contributed by atoms with Crippen LogP contribution in [0.5, 0.6) is 0 Å². The Hall–Kier alpha value is -5.37. The molecule has 0 saturated heterocycles. The molecule has 4 aromatic carbocycles. The molecule has 38 heavy (non-hydrogen) atoms. The Balaban J connectivity index is 1.32. The number of carbonyl (C=O) groups excluding carboxylic acids is 2. The van der Waals surface area contributed by atoms with Crippen molar-refractivity contribution in [3.63, 3.8) is 0 Å². The van der Waals surface area contributed by atoms with E-state index in [0.29, 0.717) is 23.4 Å². The van der Waals surface area contributed by atoms with E-state index in [0.717, 1.165) is 16.0 Å². The number of anilines is 1. The second kappa shape index (κ2) is 9.25. The van der Waals surface area contributed by atoms with Gasteiger partial charge in [-0.3, -0.25) is 9.59 Å². The first-order valence-corrected chi connectivity index (χ1v) is 11.9. The van der Waals surface area contributed by atoms with Gasteiger partial charge in [0.25, 0.3) is 11.8 Å². The number of carboxylic acid groups (broad SMARTS) is 1. The molecule has 1 aliphatic rings. The quantitative estimate of drug-likeness (QED) is 0.323. The SMILES string of the molecule is O=C(O)c1cc(-c2ccccc2)ccc1N1C(=O)c2ccc(-c3cn(Cc4ccccc4)nn3)cc2C1=O. The Kier molecular flexibility index (Phi) is 5.61. The molecule has 0 fully saturated rings. The summed E-state index contributed by atoms with van der Waals surface area (Å²) in [5, 5.41) is 18.3. The molecule has 1 aromatic heterocycles. The predicted molar refractivity (Wildman–Crippen MR) is 141 cm³/mol. The second-order valence-corrected chi connectivity index (χ2v) is 8.90. The molecule has 0 bridgehead atoms. The number of nitrogens with zero attached hydrogens (tertiary/aromatic N) is 4. The van der Waals surface area contributed by atoms with Crippen molar-refractivity contribution in [2.24, 2.45) is 0 Å². The van der Waals surface area contributed by atoms with Crippen LogP contribution in [0.25, 0.3) is 22.4 Å². The van der Waals surface area contributed by atoms with Crippen molar-refractivity contribution in [1.82, 2.24) is 15.0 Å². The maximum Gasteiger partial charge on any atom is 0.337 e. The van der Waals surface area contributed by atoms with Gasteiger partial charge in [-0.05, 0) is 41.0 Å².